The Kier molecular flexibility index (Phi) is 3.69. The maximum Gasteiger partial charge on any atom is 0.215 e. The molecule has 0 spiro atoms. The molecule has 2 aromatic rings. The van der Waals surface area contributed by atoms with Gasteiger partial charge in [-0.1, -0.05) is 0 Å². The van der Waals surface area contributed by atoms with Crippen LogP contribution < -0.4 is 10.5 Å². The zero-order chi connectivity index (χ0) is 14.2. The summed E-state index contributed by atoms with van der Waals surface area (Å²) in [6.45, 7) is 5.58. The summed E-state index contributed by atoms with van der Waals surface area (Å²) in [5.74, 6) is 0.353. The Bertz CT molecular complexity index is 705. The minimum absolute atomic E-state index is 0.232. The first-order valence-corrected chi connectivity index (χ1v) is 8.35. The van der Waals surface area contributed by atoms with Crippen molar-refractivity contribution in [1.29, 1.82) is 0 Å². The summed E-state index contributed by atoms with van der Waals surface area (Å²) in [7, 11) is -3.37. The van der Waals surface area contributed by atoms with Gasteiger partial charge in [-0.25, -0.2) is 13.4 Å². The molecule has 0 aliphatic heterocycles. The fourth-order valence-electron chi connectivity index (χ4n) is 1.67. The first kappa shape index (κ1) is 14.1. The van der Waals surface area contributed by atoms with Gasteiger partial charge < -0.3 is 10.5 Å². The molecule has 0 atom stereocenters. The second-order valence-corrected chi connectivity index (χ2v) is 7.71. The number of nitrogens with two attached hydrogens (primary N) is 1. The molecule has 0 saturated heterocycles. The van der Waals surface area contributed by atoms with Crippen molar-refractivity contribution in [3.63, 3.8) is 0 Å². The molecule has 2 N–H and O–H groups in total. The third-order valence-electron chi connectivity index (χ3n) is 2.71. The second-order valence-electron chi connectivity index (χ2n) is 4.35. The highest BCUT2D eigenvalue weighted by Crippen LogP contribution is 2.35. The number of nitrogen functional groups attached to an aromatic ring is 1. The molecule has 0 saturated carbocycles. The van der Waals surface area contributed by atoms with Crippen LogP contribution in [0, 0.1) is 0 Å². The van der Waals surface area contributed by atoms with Gasteiger partial charge in [0.05, 0.1) is 22.2 Å². The minimum atomic E-state index is -3.37. The predicted molar refractivity (Wildman–Crippen MR) is 77.5 cm³/mol. The molecule has 0 aliphatic rings. The summed E-state index contributed by atoms with van der Waals surface area (Å²) in [6.07, 6.45) is 0. The van der Waals surface area contributed by atoms with Crippen LogP contribution in [0.15, 0.2) is 16.3 Å². The third-order valence-corrected chi connectivity index (χ3v) is 6.05. The van der Waals surface area contributed by atoms with E-state index in [1.165, 1.54) is 11.3 Å². The summed E-state index contributed by atoms with van der Waals surface area (Å²) >= 11 is 1.29. The van der Waals surface area contributed by atoms with E-state index in [1.807, 2.05) is 6.92 Å². The predicted octanol–water partition coefficient (Wildman–Crippen LogP) is 2.46. The van der Waals surface area contributed by atoms with Crippen molar-refractivity contribution in [2.45, 2.75) is 30.9 Å². The monoisotopic (exact) mass is 300 g/mol. The fraction of sp³-hybridized carbons (Fsp3) is 0.417. The van der Waals surface area contributed by atoms with Crippen molar-refractivity contribution in [2.75, 3.05) is 12.3 Å². The highest BCUT2D eigenvalue weighted by atomic mass is 32.2. The molecule has 0 fully saturated rings. The molecule has 104 valence electrons. The summed E-state index contributed by atoms with van der Waals surface area (Å²) < 4.78 is 30.5. The van der Waals surface area contributed by atoms with Gasteiger partial charge in [-0.05, 0) is 20.8 Å². The van der Waals surface area contributed by atoms with Gasteiger partial charge in [0.15, 0.2) is 9.84 Å². The average molecular weight is 300 g/mol. The molecular weight excluding hydrogens is 284 g/mol. The van der Waals surface area contributed by atoms with Gasteiger partial charge in [0, 0.05) is 11.4 Å². The van der Waals surface area contributed by atoms with Crippen LogP contribution in [0.3, 0.4) is 0 Å². The minimum Gasteiger partial charge on any atom is -0.478 e. The molecule has 0 aliphatic carbocycles. The van der Waals surface area contributed by atoms with Crippen molar-refractivity contribution >= 4 is 37.1 Å². The van der Waals surface area contributed by atoms with Gasteiger partial charge in [-0.2, -0.15) is 0 Å². The van der Waals surface area contributed by atoms with Crippen LogP contribution in [-0.4, -0.2) is 25.3 Å². The van der Waals surface area contributed by atoms with Crippen LogP contribution in [0.1, 0.15) is 20.8 Å². The Morgan fingerprint density at radius 3 is 2.74 bits per heavy atom. The topological polar surface area (TPSA) is 82.3 Å². The van der Waals surface area contributed by atoms with Crippen molar-refractivity contribution < 1.29 is 13.2 Å². The molecular formula is C12H16N2O3S2. The van der Waals surface area contributed by atoms with Crippen LogP contribution >= 0.6 is 11.3 Å². The fourth-order valence-corrected chi connectivity index (χ4v) is 4.13. The normalized spacial score (nSPS) is 12.2. The second kappa shape index (κ2) is 4.97. The number of hydrogen-bond donors (Lipinski definition) is 1. The highest BCUT2D eigenvalue weighted by molar-refractivity contribution is 7.92. The number of hydrogen-bond acceptors (Lipinski definition) is 6. The molecule has 2 aromatic heterocycles. The van der Waals surface area contributed by atoms with Crippen molar-refractivity contribution in [3.05, 3.63) is 11.4 Å². The lowest BCUT2D eigenvalue weighted by Gasteiger charge is -2.08. The summed E-state index contributed by atoms with van der Waals surface area (Å²) in [6, 6.07) is 1.62. The van der Waals surface area contributed by atoms with Crippen LogP contribution in [0.4, 0.5) is 5.69 Å². The Labute approximate surface area is 116 Å². The molecule has 2 rings (SSSR count). The van der Waals surface area contributed by atoms with E-state index in [0.717, 1.165) is 0 Å². The lowest BCUT2D eigenvalue weighted by Crippen LogP contribution is -2.13. The van der Waals surface area contributed by atoms with Crippen LogP contribution in [0.5, 0.6) is 5.88 Å². The standard InChI is InChI=1S/C12H16N2O3S2/c1-4-17-10-5-8(13)12-11(14-10)9(6-18-12)19(15,16)7(2)3/h5-7H,4H2,1-3H3,(H2,13,14). The van der Waals surface area contributed by atoms with E-state index >= 15 is 0 Å². The number of sulfone groups is 1. The van der Waals surface area contributed by atoms with E-state index in [9.17, 15) is 8.42 Å². The SMILES string of the molecule is CCOc1cc(N)c2scc(S(=O)(=O)C(C)C)c2n1. The first-order chi connectivity index (χ1) is 8.87. The first-order valence-electron chi connectivity index (χ1n) is 5.92. The lowest BCUT2D eigenvalue weighted by molar-refractivity contribution is 0.328. The molecule has 0 unspecified atom stereocenters. The highest BCUT2D eigenvalue weighted by Gasteiger charge is 2.25. The van der Waals surface area contributed by atoms with Crippen molar-refractivity contribution in [1.82, 2.24) is 4.98 Å². The Hall–Kier alpha value is -1.34. The molecule has 2 heterocycles. The molecule has 0 radical (unpaired) electrons. The van der Waals surface area contributed by atoms with Gasteiger partial charge in [-0.3, -0.25) is 0 Å². The smallest absolute Gasteiger partial charge is 0.215 e. The maximum atomic E-state index is 12.3. The Morgan fingerprint density at radius 1 is 1.47 bits per heavy atom. The zero-order valence-corrected chi connectivity index (χ0v) is 12.6. The van der Waals surface area contributed by atoms with Gasteiger partial charge in [0.1, 0.15) is 10.4 Å². The number of thiophene rings is 1. The number of anilines is 1. The summed E-state index contributed by atoms with van der Waals surface area (Å²) in [4.78, 5) is 4.50. The zero-order valence-electron chi connectivity index (χ0n) is 11.0. The van der Waals surface area contributed by atoms with Crippen LogP contribution in [-0.2, 0) is 9.84 Å². The molecule has 19 heavy (non-hydrogen) atoms. The molecule has 0 aromatic carbocycles. The van der Waals surface area contributed by atoms with Crippen molar-refractivity contribution in [2.24, 2.45) is 0 Å². The molecule has 0 amide bonds. The molecule has 7 heteroatoms. The third kappa shape index (κ3) is 2.40. The van der Waals surface area contributed by atoms with E-state index in [2.05, 4.69) is 4.98 Å². The average Bonchev–Trinajstić information content (AvgIpc) is 2.74. The van der Waals surface area contributed by atoms with Crippen LogP contribution in [0.25, 0.3) is 10.2 Å². The summed E-state index contributed by atoms with van der Waals surface area (Å²) in [5, 5.41) is 1.10. The largest absolute Gasteiger partial charge is 0.478 e. The number of ether oxygens (including phenoxy) is 1. The number of pyridine rings is 1. The number of nitrogens with zero attached hydrogens (tertiary/aromatic N) is 1. The van der Waals surface area contributed by atoms with E-state index in [-0.39, 0.29) is 4.90 Å². The lowest BCUT2D eigenvalue weighted by atomic mass is 10.3. The van der Waals surface area contributed by atoms with E-state index in [4.69, 9.17) is 10.5 Å². The van der Waals surface area contributed by atoms with E-state index < -0.39 is 15.1 Å². The molecule has 0 bridgehead atoms. The van der Waals surface area contributed by atoms with Gasteiger partial charge in [0.25, 0.3) is 0 Å². The van der Waals surface area contributed by atoms with E-state index in [0.29, 0.717) is 28.4 Å². The quantitative estimate of drug-likeness (QED) is 0.938. The van der Waals surface area contributed by atoms with Crippen LogP contribution in [0.2, 0.25) is 0 Å². The summed E-state index contributed by atoms with van der Waals surface area (Å²) in [5.41, 5.74) is 6.81. The number of aromatic nitrogens is 1. The number of fused-ring (bicyclic) bond motifs is 1. The maximum absolute atomic E-state index is 12.3. The molecule has 5 nitrogen and oxygen atoms in total. The number of rotatable bonds is 4. The van der Waals surface area contributed by atoms with Crippen molar-refractivity contribution in [3.8, 4) is 5.88 Å². The Balaban J connectivity index is 2.71. The van der Waals surface area contributed by atoms with Gasteiger partial charge in [-0.15, -0.1) is 11.3 Å². The Morgan fingerprint density at radius 2 is 2.16 bits per heavy atom. The van der Waals surface area contributed by atoms with Gasteiger partial charge >= 0.3 is 0 Å². The van der Waals surface area contributed by atoms with E-state index in [1.54, 1.807) is 25.3 Å². The van der Waals surface area contributed by atoms with Gasteiger partial charge in [0.2, 0.25) is 5.88 Å².